The molecule has 8 heteroatoms. The molecule has 0 radical (unpaired) electrons. The minimum Gasteiger partial charge on any atom is -0.544 e. The molecule has 0 saturated heterocycles. The van der Waals surface area contributed by atoms with Crippen LogP contribution >= 0.6 is 0 Å². The van der Waals surface area contributed by atoms with Gasteiger partial charge in [-0.1, -0.05) is 51.1 Å². The van der Waals surface area contributed by atoms with Crippen LogP contribution in [0, 0.1) is 0 Å². The first kappa shape index (κ1) is 24.7. The highest BCUT2D eigenvalue weighted by Gasteiger charge is 2.39. The smallest absolute Gasteiger partial charge is 0.250 e. The third-order valence-electron chi connectivity index (χ3n) is 6.28. The Hall–Kier alpha value is -2.94. The molecule has 0 fully saturated rings. The van der Waals surface area contributed by atoms with Crippen molar-refractivity contribution in [3.05, 3.63) is 65.9 Å². The molecular weight excluding hydrogens is 432 g/mol. The second kappa shape index (κ2) is 9.13. The first-order valence-corrected chi connectivity index (χ1v) is 13.7. The van der Waals surface area contributed by atoms with E-state index in [1.54, 1.807) is 20.3 Å². The maximum absolute atomic E-state index is 6.41. The van der Waals surface area contributed by atoms with E-state index in [1.807, 2.05) is 36.4 Å². The Morgan fingerprint density at radius 1 is 0.818 bits per heavy atom. The summed E-state index contributed by atoms with van der Waals surface area (Å²) in [6.45, 7) is 11.2. The van der Waals surface area contributed by atoms with Crippen LogP contribution in [0.25, 0.3) is 11.1 Å². The molecule has 3 aromatic rings. The average molecular weight is 467 g/mol. The van der Waals surface area contributed by atoms with E-state index in [-0.39, 0.29) is 16.8 Å². The lowest BCUT2D eigenvalue weighted by molar-refractivity contribution is -0.186. The number of benzene rings is 2. The van der Waals surface area contributed by atoms with Gasteiger partial charge in [-0.3, -0.25) is 0 Å². The maximum Gasteiger partial charge on any atom is 0.250 e. The number of nitrogen functional groups attached to an aromatic ring is 2. The first-order valence-electron chi connectivity index (χ1n) is 10.8. The summed E-state index contributed by atoms with van der Waals surface area (Å²) in [4.78, 5) is 8.26. The number of ether oxygens (including phenoxy) is 2. The summed E-state index contributed by atoms with van der Waals surface area (Å²) in [5, 5.41) is 0.136. The zero-order valence-electron chi connectivity index (χ0n) is 20.5. The van der Waals surface area contributed by atoms with Crippen LogP contribution < -0.4 is 15.9 Å². The molecule has 2 aromatic carbocycles. The van der Waals surface area contributed by atoms with Crippen LogP contribution in [-0.4, -0.2) is 32.5 Å². The Bertz CT molecular complexity index is 1090. The van der Waals surface area contributed by atoms with Crippen molar-refractivity contribution in [3.8, 4) is 16.9 Å². The number of anilines is 2. The molecule has 0 aliphatic carbocycles. The first-order chi connectivity index (χ1) is 15.4. The molecule has 0 saturated carbocycles. The van der Waals surface area contributed by atoms with E-state index in [0.29, 0.717) is 5.69 Å². The van der Waals surface area contributed by atoms with Gasteiger partial charge in [-0.15, -0.1) is 0 Å². The van der Waals surface area contributed by atoms with Gasteiger partial charge in [0.05, 0.1) is 0 Å². The third kappa shape index (κ3) is 5.03. The fourth-order valence-electron chi connectivity index (χ4n) is 3.40. The lowest BCUT2D eigenvalue weighted by Gasteiger charge is -2.36. The summed E-state index contributed by atoms with van der Waals surface area (Å²) in [6, 6.07) is 17.7. The van der Waals surface area contributed by atoms with Gasteiger partial charge >= 0.3 is 0 Å². The van der Waals surface area contributed by atoms with Gasteiger partial charge in [0, 0.05) is 25.8 Å². The minimum atomic E-state index is -1.90. The summed E-state index contributed by atoms with van der Waals surface area (Å²) in [5.74, 6) is -0.106. The van der Waals surface area contributed by atoms with Gasteiger partial charge in [0.1, 0.15) is 17.3 Å². The van der Waals surface area contributed by atoms with Crippen LogP contribution in [0.3, 0.4) is 0 Å². The van der Waals surface area contributed by atoms with Crippen molar-refractivity contribution in [2.45, 2.75) is 44.7 Å². The molecule has 7 nitrogen and oxygen atoms in total. The molecule has 3 rings (SSSR count). The fourth-order valence-corrected chi connectivity index (χ4v) is 4.43. The summed E-state index contributed by atoms with van der Waals surface area (Å²) < 4.78 is 18.1. The van der Waals surface area contributed by atoms with Crippen molar-refractivity contribution in [3.63, 3.8) is 0 Å². The molecule has 0 bridgehead atoms. The van der Waals surface area contributed by atoms with Crippen molar-refractivity contribution < 1.29 is 13.9 Å². The van der Waals surface area contributed by atoms with E-state index >= 15 is 0 Å². The number of nitrogens with zero attached hydrogens (tertiary/aromatic N) is 2. The van der Waals surface area contributed by atoms with Gasteiger partial charge in [0.2, 0.25) is 20.1 Å². The molecule has 1 heterocycles. The van der Waals surface area contributed by atoms with Gasteiger partial charge < -0.3 is 25.4 Å². The monoisotopic (exact) mass is 466 g/mol. The highest BCUT2D eigenvalue weighted by Crippen LogP contribution is 2.38. The van der Waals surface area contributed by atoms with Crippen LogP contribution in [0.1, 0.15) is 32.0 Å². The number of methoxy groups -OCH3 is 2. The lowest BCUT2D eigenvalue weighted by Crippen LogP contribution is -2.43. The average Bonchev–Trinajstić information content (AvgIpc) is 2.74. The Morgan fingerprint density at radius 2 is 1.45 bits per heavy atom. The van der Waals surface area contributed by atoms with Crippen molar-refractivity contribution in [1.29, 1.82) is 0 Å². The largest absolute Gasteiger partial charge is 0.544 e. The zero-order chi connectivity index (χ0) is 24.4. The van der Waals surface area contributed by atoms with Crippen molar-refractivity contribution in [2.75, 3.05) is 25.7 Å². The van der Waals surface area contributed by atoms with E-state index in [2.05, 4.69) is 56.0 Å². The SMILES string of the molecule is COC(OC)(c1cccc(-c2ccc(O[Si](C)(C)C(C)(C)C)cc2)c1)c1cc(N)nc(N)n1. The van der Waals surface area contributed by atoms with Gasteiger partial charge in [0.25, 0.3) is 0 Å². The highest BCUT2D eigenvalue weighted by atomic mass is 28.4. The van der Waals surface area contributed by atoms with Crippen molar-refractivity contribution in [1.82, 2.24) is 9.97 Å². The van der Waals surface area contributed by atoms with Crippen molar-refractivity contribution >= 4 is 20.1 Å². The summed E-state index contributed by atoms with van der Waals surface area (Å²) in [5.41, 5.74) is 14.9. The topological polar surface area (TPSA) is 106 Å². The predicted octanol–water partition coefficient (Wildman–Crippen LogP) is 5.19. The standard InChI is InChI=1S/C25H34N4O3Si/c1-24(2,3)33(6,7)32-20-13-11-17(12-14-20)18-9-8-10-19(15-18)25(30-4,31-5)21-16-22(26)29-23(27)28-21/h8-16H,1-7H3,(H4,26,27,28,29). The molecule has 0 amide bonds. The van der Waals surface area contributed by atoms with Crippen LogP contribution in [-0.2, 0) is 15.3 Å². The van der Waals surface area contributed by atoms with E-state index < -0.39 is 14.1 Å². The van der Waals surface area contributed by atoms with Crippen LogP contribution in [0.15, 0.2) is 54.6 Å². The maximum atomic E-state index is 6.41. The third-order valence-corrected chi connectivity index (χ3v) is 10.6. The number of hydrogen-bond donors (Lipinski definition) is 2. The molecular formula is C25H34N4O3Si. The van der Waals surface area contributed by atoms with Crippen LogP contribution in [0.5, 0.6) is 5.75 Å². The molecule has 4 N–H and O–H groups in total. The molecule has 0 spiro atoms. The van der Waals surface area contributed by atoms with Gasteiger partial charge in [-0.2, -0.15) is 4.98 Å². The quantitative estimate of drug-likeness (QED) is 0.365. The second-order valence-corrected chi connectivity index (χ2v) is 14.3. The Labute approximate surface area is 197 Å². The van der Waals surface area contributed by atoms with E-state index in [1.165, 1.54) is 0 Å². The number of aromatic nitrogens is 2. The molecule has 176 valence electrons. The summed E-state index contributed by atoms with van der Waals surface area (Å²) >= 11 is 0. The summed E-state index contributed by atoms with van der Waals surface area (Å²) in [7, 11) is 1.21. The van der Waals surface area contributed by atoms with Crippen molar-refractivity contribution in [2.24, 2.45) is 0 Å². The van der Waals surface area contributed by atoms with E-state index in [4.69, 9.17) is 25.4 Å². The van der Waals surface area contributed by atoms with E-state index in [9.17, 15) is 0 Å². The number of hydrogen-bond acceptors (Lipinski definition) is 7. The highest BCUT2D eigenvalue weighted by molar-refractivity contribution is 6.74. The van der Waals surface area contributed by atoms with E-state index in [0.717, 1.165) is 22.4 Å². The van der Waals surface area contributed by atoms with Gasteiger partial charge in [-0.25, -0.2) is 4.98 Å². The molecule has 0 unspecified atom stereocenters. The molecule has 0 aliphatic heterocycles. The van der Waals surface area contributed by atoms with Gasteiger partial charge in [0.15, 0.2) is 0 Å². The number of nitrogens with two attached hydrogens (primary N) is 2. The number of rotatable bonds is 7. The predicted molar refractivity (Wildman–Crippen MR) is 135 cm³/mol. The minimum absolute atomic E-state index is 0.0527. The molecule has 1 aromatic heterocycles. The van der Waals surface area contributed by atoms with Crippen LogP contribution in [0.2, 0.25) is 18.1 Å². The Kier molecular flexibility index (Phi) is 6.83. The second-order valence-electron chi connectivity index (χ2n) is 9.53. The fraction of sp³-hybridized carbons (Fsp3) is 0.360. The van der Waals surface area contributed by atoms with Gasteiger partial charge in [-0.05, 0) is 47.5 Å². The Balaban J connectivity index is 1.97. The Morgan fingerprint density at radius 3 is 2.00 bits per heavy atom. The molecule has 0 atom stereocenters. The lowest BCUT2D eigenvalue weighted by atomic mass is 9.96. The normalized spacial score (nSPS) is 12.6. The summed E-state index contributed by atoms with van der Waals surface area (Å²) in [6.07, 6.45) is 0. The molecule has 33 heavy (non-hydrogen) atoms. The van der Waals surface area contributed by atoms with Crippen LogP contribution in [0.4, 0.5) is 11.8 Å². The molecule has 0 aliphatic rings. The zero-order valence-corrected chi connectivity index (χ0v) is 21.5.